The third-order valence-electron chi connectivity index (χ3n) is 7.39. The second kappa shape index (κ2) is 12.3. The summed E-state index contributed by atoms with van der Waals surface area (Å²) in [5.41, 5.74) is 6.06. The van der Waals surface area contributed by atoms with Gasteiger partial charge in [0.15, 0.2) is 5.13 Å². The Morgan fingerprint density at radius 3 is 2.26 bits per heavy atom. The molecule has 6 heteroatoms. The van der Waals surface area contributed by atoms with Gasteiger partial charge in [0.2, 0.25) is 0 Å². The van der Waals surface area contributed by atoms with E-state index in [1.807, 2.05) is 19.2 Å². The SMILES string of the molecule is CN(Cc1ccc(C(=O)O)cc1)c1nc(-c2ccc(N(Cc3ccccc3)CC3CCCCC3)cc2)cs1. The molecule has 0 unspecified atom stereocenters. The summed E-state index contributed by atoms with van der Waals surface area (Å²) >= 11 is 1.63. The summed E-state index contributed by atoms with van der Waals surface area (Å²) in [6.07, 6.45) is 6.77. The van der Waals surface area contributed by atoms with Gasteiger partial charge >= 0.3 is 5.97 Å². The molecule has 1 N–H and O–H groups in total. The van der Waals surface area contributed by atoms with Crippen molar-refractivity contribution in [3.05, 3.63) is 101 Å². The van der Waals surface area contributed by atoms with E-state index in [9.17, 15) is 4.79 Å². The number of carboxylic acids is 1. The summed E-state index contributed by atoms with van der Waals surface area (Å²) in [7, 11) is 2.02. The number of rotatable bonds is 10. The van der Waals surface area contributed by atoms with Gasteiger partial charge in [-0.05, 0) is 54.2 Å². The van der Waals surface area contributed by atoms with E-state index in [0.717, 1.165) is 41.0 Å². The molecule has 196 valence electrons. The van der Waals surface area contributed by atoms with E-state index in [1.54, 1.807) is 23.5 Å². The zero-order chi connectivity index (χ0) is 26.3. The highest BCUT2D eigenvalue weighted by Gasteiger charge is 2.18. The Labute approximate surface area is 229 Å². The molecular weight excluding hydrogens is 490 g/mol. The van der Waals surface area contributed by atoms with Crippen molar-refractivity contribution in [2.45, 2.75) is 45.2 Å². The predicted octanol–water partition coefficient (Wildman–Crippen LogP) is 7.73. The molecule has 0 atom stereocenters. The number of carbonyl (C=O) groups is 1. The smallest absolute Gasteiger partial charge is 0.335 e. The number of aromatic nitrogens is 1. The molecule has 0 saturated heterocycles. The van der Waals surface area contributed by atoms with Crippen LogP contribution in [-0.2, 0) is 13.1 Å². The first-order valence-electron chi connectivity index (χ1n) is 13.4. The van der Waals surface area contributed by atoms with Gasteiger partial charge in [-0.2, -0.15) is 0 Å². The molecule has 0 spiro atoms. The van der Waals surface area contributed by atoms with Crippen LogP contribution in [0.25, 0.3) is 11.3 Å². The molecule has 1 heterocycles. The van der Waals surface area contributed by atoms with E-state index in [4.69, 9.17) is 10.1 Å². The average molecular weight is 526 g/mol. The maximum Gasteiger partial charge on any atom is 0.335 e. The first-order valence-corrected chi connectivity index (χ1v) is 14.3. The van der Waals surface area contributed by atoms with E-state index >= 15 is 0 Å². The normalized spacial score (nSPS) is 13.8. The van der Waals surface area contributed by atoms with Gasteiger partial charge < -0.3 is 14.9 Å². The van der Waals surface area contributed by atoms with Crippen LogP contribution in [-0.4, -0.2) is 29.7 Å². The number of hydrogen-bond acceptors (Lipinski definition) is 5. The third-order valence-corrected chi connectivity index (χ3v) is 8.34. The van der Waals surface area contributed by atoms with Crippen molar-refractivity contribution >= 4 is 28.1 Å². The lowest BCUT2D eigenvalue weighted by molar-refractivity contribution is 0.0697. The number of nitrogens with zero attached hydrogens (tertiary/aromatic N) is 3. The summed E-state index contributed by atoms with van der Waals surface area (Å²) in [6.45, 7) is 2.70. The lowest BCUT2D eigenvalue weighted by atomic mass is 9.88. The highest BCUT2D eigenvalue weighted by atomic mass is 32.1. The molecule has 5 nitrogen and oxygen atoms in total. The van der Waals surface area contributed by atoms with Crippen molar-refractivity contribution in [1.29, 1.82) is 0 Å². The van der Waals surface area contributed by atoms with Crippen LogP contribution in [0.3, 0.4) is 0 Å². The number of aromatic carboxylic acids is 1. The Kier molecular flexibility index (Phi) is 8.39. The number of carboxylic acid groups (broad SMARTS) is 1. The molecule has 0 bridgehead atoms. The molecule has 4 aromatic rings. The number of thiazole rings is 1. The fraction of sp³-hybridized carbons (Fsp3) is 0.312. The van der Waals surface area contributed by atoms with Crippen molar-refractivity contribution in [3.63, 3.8) is 0 Å². The lowest BCUT2D eigenvalue weighted by Crippen LogP contribution is -2.30. The minimum absolute atomic E-state index is 0.303. The summed E-state index contributed by atoms with van der Waals surface area (Å²) in [4.78, 5) is 20.6. The maximum atomic E-state index is 11.1. The van der Waals surface area contributed by atoms with Gasteiger partial charge in [-0.25, -0.2) is 9.78 Å². The van der Waals surface area contributed by atoms with Crippen LogP contribution in [0.2, 0.25) is 0 Å². The zero-order valence-electron chi connectivity index (χ0n) is 21.9. The minimum Gasteiger partial charge on any atom is -0.478 e. The van der Waals surface area contributed by atoms with E-state index in [-0.39, 0.29) is 0 Å². The minimum atomic E-state index is -0.905. The molecule has 3 aromatic carbocycles. The molecular formula is C32H35N3O2S. The van der Waals surface area contributed by atoms with Gasteiger partial charge in [0.05, 0.1) is 11.3 Å². The molecule has 1 aliphatic rings. The van der Waals surface area contributed by atoms with Gasteiger partial charge in [0.1, 0.15) is 0 Å². The molecule has 1 aliphatic carbocycles. The van der Waals surface area contributed by atoms with Gasteiger partial charge in [0, 0.05) is 43.3 Å². The topological polar surface area (TPSA) is 56.7 Å². The highest BCUT2D eigenvalue weighted by Crippen LogP contribution is 2.31. The summed E-state index contributed by atoms with van der Waals surface area (Å²) in [6, 6.07) is 26.7. The zero-order valence-corrected chi connectivity index (χ0v) is 22.7. The molecule has 1 fully saturated rings. The second-order valence-electron chi connectivity index (χ2n) is 10.3. The molecule has 5 rings (SSSR count). The molecule has 38 heavy (non-hydrogen) atoms. The lowest BCUT2D eigenvalue weighted by Gasteiger charge is -2.31. The first-order chi connectivity index (χ1) is 18.5. The van der Waals surface area contributed by atoms with Crippen molar-refractivity contribution in [2.24, 2.45) is 5.92 Å². The maximum absolute atomic E-state index is 11.1. The van der Waals surface area contributed by atoms with Crippen molar-refractivity contribution in [1.82, 2.24) is 4.98 Å². The van der Waals surface area contributed by atoms with Crippen molar-refractivity contribution in [2.75, 3.05) is 23.4 Å². The van der Waals surface area contributed by atoms with Gasteiger partial charge in [-0.15, -0.1) is 11.3 Å². The van der Waals surface area contributed by atoms with E-state index in [2.05, 4.69) is 69.8 Å². The van der Waals surface area contributed by atoms with Crippen molar-refractivity contribution < 1.29 is 9.90 Å². The standard InChI is InChI=1S/C32H35N3O2S/c1-34(20-26-12-14-28(15-13-26)31(36)37)32-33-30(23-38-32)27-16-18-29(19-17-27)35(21-24-8-4-2-5-9-24)22-25-10-6-3-7-11-25/h2,4-5,8-9,12-19,23,25H,3,6-7,10-11,20-22H2,1H3,(H,36,37). The van der Waals surface area contributed by atoms with Gasteiger partial charge in [-0.1, -0.05) is 73.9 Å². The molecule has 0 aliphatic heterocycles. The van der Waals surface area contributed by atoms with Gasteiger partial charge in [0.25, 0.3) is 0 Å². The number of hydrogen-bond donors (Lipinski definition) is 1. The number of benzene rings is 3. The Morgan fingerprint density at radius 2 is 1.58 bits per heavy atom. The summed E-state index contributed by atoms with van der Waals surface area (Å²) < 4.78 is 0. The Balaban J connectivity index is 1.27. The highest BCUT2D eigenvalue weighted by molar-refractivity contribution is 7.14. The molecule has 1 saturated carbocycles. The van der Waals surface area contributed by atoms with Gasteiger partial charge in [-0.3, -0.25) is 0 Å². The molecule has 1 aromatic heterocycles. The fourth-order valence-electron chi connectivity index (χ4n) is 5.26. The fourth-order valence-corrected chi connectivity index (χ4v) is 6.06. The van der Waals surface area contributed by atoms with Crippen LogP contribution in [0.4, 0.5) is 10.8 Å². The van der Waals surface area contributed by atoms with E-state index < -0.39 is 5.97 Å². The molecule has 0 radical (unpaired) electrons. The summed E-state index contributed by atoms with van der Waals surface area (Å²) in [5, 5.41) is 12.2. The van der Waals surface area contributed by atoms with Crippen LogP contribution in [0, 0.1) is 5.92 Å². The van der Waals surface area contributed by atoms with Crippen LogP contribution >= 0.6 is 11.3 Å². The second-order valence-corrected chi connectivity index (χ2v) is 11.1. The van der Waals surface area contributed by atoms with E-state index in [0.29, 0.717) is 12.1 Å². The largest absolute Gasteiger partial charge is 0.478 e. The quantitative estimate of drug-likeness (QED) is 0.230. The van der Waals surface area contributed by atoms with Crippen LogP contribution < -0.4 is 9.80 Å². The number of anilines is 2. The van der Waals surface area contributed by atoms with Crippen LogP contribution in [0.1, 0.15) is 53.6 Å². The molecule has 0 amide bonds. The third kappa shape index (κ3) is 6.62. The summed E-state index contributed by atoms with van der Waals surface area (Å²) in [5.74, 6) is -0.137. The van der Waals surface area contributed by atoms with Crippen LogP contribution in [0.15, 0.2) is 84.2 Å². The Morgan fingerprint density at radius 1 is 0.895 bits per heavy atom. The average Bonchev–Trinajstić information content (AvgIpc) is 3.45. The first kappa shape index (κ1) is 26.0. The van der Waals surface area contributed by atoms with Crippen molar-refractivity contribution in [3.8, 4) is 11.3 Å². The Hall–Kier alpha value is -3.64. The monoisotopic (exact) mass is 525 g/mol. The Bertz CT molecular complexity index is 1310. The predicted molar refractivity (Wildman–Crippen MR) is 157 cm³/mol. The van der Waals surface area contributed by atoms with E-state index in [1.165, 1.54) is 43.4 Å². The van der Waals surface area contributed by atoms with Crippen LogP contribution in [0.5, 0.6) is 0 Å².